The normalized spacial score (nSPS) is 11.7. The number of hydrogen-bond acceptors (Lipinski definition) is 10. The lowest BCUT2D eigenvalue weighted by atomic mass is 9.88. The largest absolute Gasteiger partial charge is 0.496 e. The molecule has 0 aromatic heterocycles. The predicted octanol–water partition coefficient (Wildman–Crippen LogP) is 13.0. The van der Waals surface area contributed by atoms with E-state index in [0.29, 0.717) is 34.1 Å². The molecule has 8 rings (SSSR count). The number of hydrogen-bond donors (Lipinski definition) is 0. The summed E-state index contributed by atoms with van der Waals surface area (Å²) in [5.41, 5.74) is 1.30. The van der Waals surface area contributed by atoms with E-state index in [4.69, 9.17) is 37.0 Å². The van der Waals surface area contributed by atoms with Gasteiger partial charge in [0.25, 0.3) is 18.1 Å². The van der Waals surface area contributed by atoms with Gasteiger partial charge in [0.2, 0.25) is 0 Å². The van der Waals surface area contributed by atoms with Crippen LogP contribution in [0.2, 0.25) is 0 Å². The first kappa shape index (κ1) is 42.1. The van der Waals surface area contributed by atoms with Gasteiger partial charge in [0, 0.05) is 32.7 Å². The van der Waals surface area contributed by atoms with Crippen LogP contribution in [0.5, 0.6) is 34.5 Å². The zero-order valence-electron chi connectivity index (χ0n) is 34.9. The predicted molar refractivity (Wildman–Crippen MR) is 248 cm³/mol. The number of carbonyl (C=O) groups is 2. The summed E-state index contributed by atoms with van der Waals surface area (Å²) in [6, 6.07) is 41.6. The van der Waals surface area contributed by atoms with Gasteiger partial charge < -0.3 is 37.0 Å². The van der Waals surface area contributed by atoms with Crippen LogP contribution in [0.3, 0.4) is 0 Å². The second-order valence-corrected chi connectivity index (χ2v) is 16.0. The Kier molecular flexibility index (Phi) is 12.6. The Labute approximate surface area is 362 Å². The average Bonchev–Trinajstić information content (AvgIpc) is 3.28. The van der Waals surface area contributed by atoms with E-state index in [0.717, 1.165) is 43.1 Å². The van der Waals surface area contributed by atoms with Crippen molar-refractivity contribution in [1.29, 1.82) is 0 Å². The second kappa shape index (κ2) is 18.6. The molecule has 10 nitrogen and oxygen atoms in total. The molecule has 0 aliphatic heterocycles. The summed E-state index contributed by atoms with van der Waals surface area (Å²) < 4.78 is 49.2. The third-order valence-electron chi connectivity index (χ3n) is 10.1. The molecule has 0 aliphatic carbocycles. The highest BCUT2D eigenvalue weighted by atomic mass is 31.1. The summed E-state index contributed by atoms with van der Waals surface area (Å²) in [5.74, 6) is 1.69. The summed E-state index contributed by atoms with van der Waals surface area (Å²) in [4.78, 5) is 28.4. The fraction of sp³-hybridized carbons (Fsp3) is 0.160. The minimum atomic E-state index is -0.635. The van der Waals surface area contributed by atoms with Crippen molar-refractivity contribution in [3.05, 3.63) is 145 Å². The number of benzene rings is 8. The number of methoxy groups -OCH3 is 2. The van der Waals surface area contributed by atoms with Crippen LogP contribution < -0.4 is 27.6 Å². The molecule has 12 heteroatoms. The topological polar surface area (TPSA) is 108 Å². The van der Waals surface area contributed by atoms with Crippen molar-refractivity contribution in [2.45, 2.75) is 39.9 Å². The highest BCUT2D eigenvalue weighted by molar-refractivity contribution is 7.27. The molecule has 0 fully saturated rings. The first-order chi connectivity index (χ1) is 30.2. The molecule has 2 unspecified atom stereocenters. The van der Waals surface area contributed by atoms with Crippen LogP contribution in [-0.2, 0) is 9.47 Å². The maximum Gasteiger partial charge on any atom is 0.342 e. The van der Waals surface area contributed by atoms with Crippen LogP contribution in [-0.4, -0.2) is 38.4 Å². The Bertz CT molecular complexity index is 2760. The van der Waals surface area contributed by atoms with E-state index in [9.17, 15) is 9.59 Å². The maximum absolute atomic E-state index is 14.2. The van der Waals surface area contributed by atoms with E-state index in [2.05, 4.69) is 0 Å². The van der Waals surface area contributed by atoms with Crippen LogP contribution >= 0.6 is 18.1 Å². The first-order valence-corrected chi connectivity index (χ1v) is 21.6. The standard InChI is InChI=1S/C50H44O10P2/c1-29(2)55-49(51)39-27-31-15-7-9-17-33(31)45(47(39)59-61-57-43-25-23-41(53-5)35-19-11-13-21-37(35)43)46-34-18-10-8-16-32(34)28-40(50(52)56-30(3)4)48(46)60-62-58-44-26-24-42(54-6)36-20-12-14-22-38(36)44/h7-30,61-62H,1-6H3. The van der Waals surface area contributed by atoms with Gasteiger partial charge in [-0.15, -0.1) is 0 Å². The van der Waals surface area contributed by atoms with E-state index < -0.39 is 42.2 Å². The zero-order valence-corrected chi connectivity index (χ0v) is 36.9. The molecule has 0 aliphatic rings. The molecular formula is C50H44O10P2. The SMILES string of the molecule is COc1ccc(OPOc2c(C(=O)OC(C)C)cc3ccccc3c2-c2c(OPOc3ccc(OC)c4ccccc34)c(C(=O)OC(C)C)cc3ccccc23)c2ccccc12. The molecule has 0 radical (unpaired) electrons. The van der Waals surface area contributed by atoms with E-state index >= 15 is 0 Å². The quantitative estimate of drug-likeness (QED) is 0.0730. The van der Waals surface area contributed by atoms with Gasteiger partial charge in [-0.05, 0) is 85.6 Å². The van der Waals surface area contributed by atoms with Gasteiger partial charge in [0.05, 0.1) is 26.4 Å². The van der Waals surface area contributed by atoms with Crippen molar-refractivity contribution in [1.82, 2.24) is 0 Å². The summed E-state index contributed by atoms with van der Waals surface area (Å²) >= 11 is 0. The van der Waals surface area contributed by atoms with Gasteiger partial charge in [-0.2, -0.15) is 0 Å². The Morgan fingerprint density at radius 3 is 1.10 bits per heavy atom. The van der Waals surface area contributed by atoms with E-state index in [1.54, 1.807) is 54.0 Å². The average molecular weight is 867 g/mol. The van der Waals surface area contributed by atoms with Crippen LogP contribution in [0.25, 0.3) is 54.2 Å². The van der Waals surface area contributed by atoms with Crippen LogP contribution in [0, 0.1) is 0 Å². The van der Waals surface area contributed by atoms with E-state index in [1.165, 1.54) is 0 Å². The number of ether oxygens (including phenoxy) is 4. The molecule has 0 N–H and O–H groups in total. The van der Waals surface area contributed by atoms with Crippen molar-refractivity contribution in [3.8, 4) is 45.6 Å². The van der Waals surface area contributed by atoms with Gasteiger partial charge >= 0.3 is 11.9 Å². The molecule has 0 saturated carbocycles. The summed E-state index contributed by atoms with van der Waals surface area (Å²) in [5, 5.41) is 6.28. The minimum Gasteiger partial charge on any atom is -0.496 e. The van der Waals surface area contributed by atoms with Crippen molar-refractivity contribution in [2.75, 3.05) is 14.2 Å². The zero-order chi connectivity index (χ0) is 43.3. The van der Waals surface area contributed by atoms with Crippen molar-refractivity contribution in [3.63, 3.8) is 0 Å². The van der Waals surface area contributed by atoms with Gasteiger partial charge in [-0.1, -0.05) is 97.1 Å². The summed E-state index contributed by atoms with van der Waals surface area (Å²) in [6.07, 6.45) is -0.869. The molecule has 8 aromatic rings. The van der Waals surface area contributed by atoms with E-state index in [-0.39, 0.29) is 22.6 Å². The number of carbonyl (C=O) groups excluding carboxylic acids is 2. The van der Waals surface area contributed by atoms with E-state index in [1.807, 2.05) is 121 Å². The molecular weight excluding hydrogens is 822 g/mol. The first-order valence-electron chi connectivity index (χ1n) is 20.0. The Morgan fingerprint density at radius 1 is 0.419 bits per heavy atom. The third-order valence-corrected chi connectivity index (χ3v) is 11.3. The van der Waals surface area contributed by atoms with Crippen LogP contribution in [0.4, 0.5) is 0 Å². The molecule has 0 amide bonds. The van der Waals surface area contributed by atoms with Crippen molar-refractivity contribution < 1.29 is 46.6 Å². The summed E-state index contributed by atoms with van der Waals surface area (Å²) in [7, 11) is 1.98. The van der Waals surface area contributed by atoms with Gasteiger partial charge in [-0.3, -0.25) is 0 Å². The van der Waals surface area contributed by atoms with Crippen LogP contribution in [0.1, 0.15) is 48.4 Å². The summed E-state index contributed by atoms with van der Waals surface area (Å²) in [6.45, 7) is 7.15. The van der Waals surface area contributed by atoms with Gasteiger partial charge in [-0.25, -0.2) is 9.59 Å². The lowest BCUT2D eigenvalue weighted by Crippen LogP contribution is -2.14. The fourth-order valence-corrected chi connectivity index (χ4v) is 8.67. The number of esters is 2. The lowest BCUT2D eigenvalue weighted by molar-refractivity contribution is 0.0365. The van der Waals surface area contributed by atoms with Crippen molar-refractivity contribution in [2.24, 2.45) is 0 Å². The minimum absolute atomic E-state index is 0.164. The molecule has 0 spiro atoms. The highest BCUT2D eigenvalue weighted by Gasteiger charge is 2.30. The van der Waals surface area contributed by atoms with Gasteiger partial charge in [0.1, 0.15) is 45.6 Å². The second-order valence-electron chi connectivity index (χ2n) is 14.8. The lowest BCUT2D eigenvalue weighted by Gasteiger charge is -2.23. The monoisotopic (exact) mass is 866 g/mol. The molecule has 0 heterocycles. The number of fused-ring (bicyclic) bond motifs is 4. The molecule has 2 atom stereocenters. The molecule has 0 saturated heterocycles. The molecule has 0 bridgehead atoms. The van der Waals surface area contributed by atoms with Crippen LogP contribution in [0.15, 0.2) is 133 Å². The Morgan fingerprint density at radius 2 is 0.742 bits per heavy atom. The van der Waals surface area contributed by atoms with Gasteiger partial charge in [0.15, 0.2) is 0 Å². The molecule has 62 heavy (non-hydrogen) atoms. The smallest absolute Gasteiger partial charge is 0.342 e. The fourth-order valence-electron chi connectivity index (χ4n) is 7.46. The third kappa shape index (κ3) is 8.49. The number of rotatable bonds is 15. The Balaban J connectivity index is 1.33. The Hall–Kier alpha value is -6.60. The van der Waals surface area contributed by atoms with Crippen molar-refractivity contribution >= 4 is 73.1 Å². The molecule has 314 valence electrons. The molecule has 8 aromatic carbocycles. The maximum atomic E-state index is 14.2. The highest BCUT2D eigenvalue weighted by Crippen LogP contribution is 2.52.